The van der Waals surface area contributed by atoms with E-state index in [1.165, 1.54) is 0 Å². The molecule has 0 saturated heterocycles. The topological polar surface area (TPSA) is 51.2 Å². The zero-order valence-corrected chi connectivity index (χ0v) is 15.9. The van der Waals surface area contributed by atoms with Crippen molar-refractivity contribution in [1.82, 2.24) is 0 Å². The van der Waals surface area contributed by atoms with Crippen molar-refractivity contribution in [2.45, 2.75) is 13.3 Å². The molecule has 0 N–H and O–H groups in total. The van der Waals surface area contributed by atoms with E-state index in [0.717, 1.165) is 34.1 Å². The van der Waals surface area contributed by atoms with Crippen molar-refractivity contribution in [2.24, 2.45) is 0 Å². The van der Waals surface area contributed by atoms with Gasteiger partial charge in [0.25, 0.3) is 0 Å². The third kappa shape index (κ3) is 3.27. The fraction of sp³-hybridized carbons (Fsp3) is 0.381. The maximum atomic E-state index is 12.5. The average molecular weight is 368 g/mol. The van der Waals surface area contributed by atoms with Gasteiger partial charge in [-0.1, -0.05) is 0 Å². The highest BCUT2D eigenvalue weighted by atomic mass is 16.6. The molecule has 2 aromatic carbocycles. The highest BCUT2D eigenvalue weighted by Crippen LogP contribution is 2.44. The molecule has 0 amide bonds. The molecule has 4 rings (SSSR count). The van der Waals surface area contributed by atoms with Crippen LogP contribution in [-0.4, -0.2) is 46.2 Å². The summed E-state index contributed by atoms with van der Waals surface area (Å²) in [6, 6.07) is 9.97. The monoisotopic (exact) mass is 368 g/mol. The van der Waals surface area contributed by atoms with Crippen LogP contribution in [0.3, 0.4) is 0 Å². The molecule has 0 saturated carbocycles. The molecule has 2 aliphatic rings. The number of nitrogens with zero attached hydrogens (tertiary/aromatic N) is 2. The first-order chi connectivity index (χ1) is 13.1. The molecule has 6 nitrogen and oxygen atoms in total. The Labute approximate surface area is 159 Å². The first kappa shape index (κ1) is 17.5. The lowest BCUT2D eigenvalue weighted by atomic mass is 9.98. The Morgan fingerprint density at radius 1 is 1.07 bits per heavy atom. The molecule has 0 atom stereocenters. The maximum Gasteiger partial charge on any atom is 0.163 e. The molecule has 0 fully saturated rings. The maximum absolute atomic E-state index is 12.5. The number of anilines is 3. The van der Waals surface area contributed by atoms with Crippen LogP contribution in [0.15, 0.2) is 30.3 Å². The molecular formula is C21H24N2O4. The van der Waals surface area contributed by atoms with Crippen LogP contribution in [0.5, 0.6) is 17.2 Å². The number of benzene rings is 2. The van der Waals surface area contributed by atoms with E-state index in [0.29, 0.717) is 38.5 Å². The normalized spacial score (nSPS) is 15.4. The molecule has 0 spiro atoms. The number of ketones is 1. The summed E-state index contributed by atoms with van der Waals surface area (Å²) in [5.41, 5.74) is 3.86. The fourth-order valence-electron chi connectivity index (χ4n) is 3.53. The minimum absolute atomic E-state index is 0.165. The predicted octanol–water partition coefficient (Wildman–Crippen LogP) is 3.19. The molecule has 27 heavy (non-hydrogen) atoms. The molecule has 6 heteroatoms. The van der Waals surface area contributed by atoms with Gasteiger partial charge >= 0.3 is 0 Å². The molecule has 0 aliphatic carbocycles. The Kier molecular flexibility index (Phi) is 4.56. The number of ether oxygens (including phenoxy) is 3. The summed E-state index contributed by atoms with van der Waals surface area (Å²) in [5.74, 6) is 2.36. The van der Waals surface area contributed by atoms with Gasteiger partial charge in [-0.2, -0.15) is 0 Å². The molecule has 2 aromatic rings. The van der Waals surface area contributed by atoms with E-state index in [2.05, 4.69) is 0 Å². The summed E-state index contributed by atoms with van der Waals surface area (Å²) < 4.78 is 17.3. The van der Waals surface area contributed by atoms with Gasteiger partial charge in [0.2, 0.25) is 0 Å². The van der Waals surface area contributed by atoms with E-state index in [9.17, 15) is 4.79 Å². The summed E-state index contributed by atoms with van der Waals surface area (Å²) in [6.07, 6.45) is 0.405. The lowest BCUT2D eigenvalue weighted by molar-refractivity contribution is -0.117. The lowest BCUT2D eigenvalue weighted by Gasteiger charge is -2.33. The Balaban J connectivity index is 1.82. The van der Waals surface area contributed by atoms with Crippen LogP contribution in [0, 0.1) is 0 Å². The number of rotatable bonds is 4. The summed E-state index contributed by atoms with van der Waals surface area (Å²) >= 11 is 0. The minimum Gasteiger partial charge on any atom is -0.492 e. The van der Waals surface area contributed by atoms with Crippen LogP contribution >= 0.6 is 0 Å². The zero-order chi connectivity index (χ0) is 19.0. The Hall–Kier alpha value is -2.89. The van der Waals surface area contributed by atoms with Crippen LogP contribution in [0.4, 0.5) is 17.1 Å². The molecule has 2 aliphatic heterocycles. The largest absolute Gasteiger partial charge is 0.492 e. The second kappa shape index (κ2) is 7.02. The van der Waals surface area contributed by atoms with Crippen molar-refractivity contribution in [3.8, 4) is 17.2 Å². The van der Waals surface area contributed by atoms with E-state index in [4.69, 9.17) is 14.2 Å². The Morgan fingerprint density at radius 2 is 1.81 bits per heavy atom. The molecule has 0 radical (unpaired) electrons. The number of fused-ring (bicyclic) bond motifs is 2. The van der Waals surface area contributed by atoms with Gasteiger partial charge in [0, 0.05) is 44.0 Å². The second-order valence-electron chi connectivity index (χ2n) is 6.91. The Bertz CT molecular complexity index is 879. The summed E-state index contributed by atoms with van der Waals surface area (Å²) in [5, 5.41) is 0. The van der Waals surface area contributed by atoms with E-state index in [-0.39, 0.29) is 5.78 Å². The Morgan fingerprint density at radius 3 is 2.52 bits per heavy atom. The number of Topliss-reactive ketones (excluding diaryl/α,β-unsaturated/α-hetero) is 1. The van der Waals surface area contributed by atoms with Crippen molar-refractivity contribution in [1.29, 1.82) is 0 Å². The van der Waals surface area contributed by atoms with Gasteiger partial charge in [-0.3, -0.25) is 4.79 Å². The number of hydrogen-bond acceptors (Lipinski definition) is 6. The molecule has 2 heterocycles. The van der Waals surface area contributed by atoms with Crippen molar-refractivity contribution in [2.75, 3.05) is 50.3 Å². The molecule has 142 valence electrons. The number of hydrogen-bond donors (Lipinski definition) is 0. The average Bonchev–Trinajstić information content (AvgIpc) is 2.66. The number of carbonyl (C=O) groups is 1. The zero-order valence-electron chi connectivity index (χ0n) is 15.9. The highest BCUT2D eigenvalue weighted by molar-refractivity contribution is 5.94. The molecule has 0 aromatic heterocycles. The molecule has 0 bridgehead atoms. The van der Waals surface area contributed by atoms with E-state index in [1.54, 1.807) is 0 Å². The number of carbonyl (C=O) groups excluding carboxylic acids is 1. The SMILES string of the molecule is CCOc1cc(N(C)C)ccc1N1CC(=O)Cc2cc3c(cc21)OCCO3. The van der Waals surface area contributed by atoms with Gasteiger partial charge in [-0.05, 0) is 30.7 Å². The smallest absolute Gasteiger partial charge is 0.163 e. The standard InChI is InChI=1S/C21H24N2O4/c1-4-25-19-11-15(22(2)3)5-6-17(19)23-13-16(24)9-14-10-20-21(12-18(14)23)27-8-7-26-20/h5-6,10-12H,4,7-9,13H2,1-3H3. The van der Waals surface area contributed by atoms with Crippen LogP contribution in [-0.2, 0) is 11.2 Å². The first-order valence-corrected chi connectivity index (χ1v) is 9.22. The van der Waals surface area contributed by atoms with E-state index in [1.807, 2.05) is 61.2 Å². The first-order valence-electron chi connectivity index (χ1n) is 9.22. The second-order valence-corrected chi connectivity index (χ2v) is 6.91. The van der Waals surface area contributed by atoms with Gasteiger partial charge < -0.3 is 24.0 Å². The fourth-order valence-corrected chi connectivity index (χ4v) is 3.53. The van der Waals surface area contributed by atoms with Crippen molar-refractivity contribution in [3.63, 3.8) is 0 Å². The molecule has 0 unspecified atom stereocenters. The van der Waals surface area contributed by atoms with Crippen LogP contribution in [0.1, 0.15) is 12.5 Å². The van der Waals surface area contributed by atoms with Crippen LogP contribution in [0.2, 0.25) is 0 Å². The van der Waals surface area contributed by atoms with Gasteiger partial charge in [-0.15, -0.1) is 0 Å². The van der Waals surface area contributed by atoms with Crippen LogP contribution in [0.25, 0.3) is 0 Å². The summed E-state index contributed by atoms with van der Waals surface area (Å²) in [7, 11) is 3.99. The van der Waals surface area contributed by atoms with Gasteiger partial charge in [0.05, 0.1) is 18.8 Å². The van der Waals surface area contributed by atoms with Gasteiger partial charge in [0.1, 0.15) is 19.0 Å². The summed E-state index contributed by atoms with van der Waals surface area (Å²) in [6.45, 7) is 3.90. The van der Waals surface area contributed by atoms with Crippen molar-refractivity contribution >= 4 is 22.8 Å². The highest BCUT2D eigenvalue weighted by Gasteiger charge is 2.28. The van der Waals surface area contributed by atoms with Crippen LogP contribution < -0.4 is 24.0 Å². The quantitative estimate of drug-likeness (QED) is 0.826. The van der Waals surface area contributed by atoms with Crippen molar-refractivity contribution < 1.29 is 19.0 Å². The van der Waals surface area contributed by atoms with Gasteiger partial charge in [0.15, 0.2) is 17.3 Å². The molecular weight excluding hydrogens is 344 g/mol. The summed E-state index contributed by atoms with van der Waals surface area (Å²) in [4.78, 5) is 16.5. The van der Waals surface area contributed by atoms with E-state index < -0.39 is 0 Å². The van der Waals surface area contributed by atoms with Gasteiger partial charge in [-0.25, -0.2) is 0 Å². The third-order valence-electron chi connectivity index (χ3n) is 4.81. The predicted molar refractivity (Wildman–Crippen MR) is 105 cm³/mol. The van der Waals surface area contributed by atoms with Crippen molar-refractivity contribution in [3.05, 3.63) is 35.9 Å². The third-order valence-corrected chi connectivity index (χ3v) is 4.81. The lowest BCUT2D eigenvalue weighted by Crippen LogP contribution is -2.32. The minimum atomic E-state index is 0.165. The van der Waals surface area contributed by atoms with E-state index >= 15 is 0 Å².